The van der Waals surface area contributed by atoms with Crippen LogP contribution in [0.25, 0.3) is 10.2 Å². The lowest BCUT2D eigenvalue weighted by molar-refractivity contribution is 0.0703. The van der Waals surface area contributed by atoms with Crippen molar-refractivity contribution in [2.45, 2.75) is 0 Å². The number of nitrogens with one attached hydrogen (secondary N) is 1. The molecular formula is C21H12ClN3O4S. The lowest BCUT2D eigenvalue weighted by Gasteiger charge is -2.28. The summed E-state index contributed by atoms with van der Waals surface area (Å²) in [4.78, 5) is 30.7. The van der Waals surface area contributed by atoms with Crippen LogP contribution in [0.3, 0.4) is 0 Å². The maximum absolute atomic E-state index is 12.9. The Hall–Kier alpha value is -3.62. The van der Waals surface area contributed by atoms with E-state index < -0.39 is 12.0 Å². The van der Waals surface area contributed by atoms with E-state index in [1.165, 1.54) is 4.90 Å². The maximum atomic E-state index is 12.9. The van der Waals surface area contributed by atoms with Crippen LogP contribution in [0, 0.1) is 0 Å². The van der Waals surface area contributed by atoms with Crippen LogP contribution in [0.5, 0.6) is 11.5 Å². The highest BCUT2D eigenvalue weighted by atomic mass is 35.5. The van der Waals surface area contributed by atoms with Crippen molar-refractivity contribution in [3.8, 4) is 11.5 Å². The first-order valence-corrected chi connectivity index (χ1v) is 10.0. The minimum Gasteiger partial charge on any atom is -0.477 e. The third-order valence-corrected chi connectivity index (χ3v) is 5.97. The lowest BCUT2D eigenvalue weighted by atomic mass is 10.1. The van der Waals surface area contributed by atoms with Crippen LogP contribution >= 0.6 is 22.9 Å². The number of rotatable bonds is 4. The smallest absolute Gasteiger partial charge is 0.348 e. The van der Waals surface area contributed by atoms with Gasteiger partial charge >= 0.3 is 12.0 Å². The number of para-hydroxylation sites is 1. The van der Waals surface area contributed by atoms with Crippen LogP contribution in [0.15, 0.2) is 60.8 Å². The Morgan fingerprint density at radius 3 is 2.70 bits per heavy atom. The fraction of sp³-hybridized carbons (Fsp3) is 0. The van der Waals surface area contributed by atoms with Gasteiger partial charge in [-0.3, -0.25) is 4.90 Å². The molecule has 0 aliphatic carbocycles. The zero-order valence-corrected chi connectivity index (χ0v) is 16.7. The topological polar surface area (TPSA) is 91.8 Å². The molecule has 9 heteroatoms. The number of urea groups is 1. The molecule has 0 fully saturated rings. The molecule has 0 spiro atoms. The van der Waals surface area contributed by atoms with Crippen molar-refractivity contribution < 1.29 is 19.4 Å². The van der Waals surface area contributed by atoms with Crippen LogP contribution in [-0.4, -0.2) is 22.1 Å². The average Bonchev–Trinajstić information content (AvgIpc) is 3.11. The normalized spacial score (nSPS) is 12.7. The predicted molar refractivity (Wildman–Crippen MR) is 116 cm³/mol. The fourth-order valence-electron chi connectivity index (χ4n) is 3.32. The number of carbonyl (C=O) groups is 2. The second kappa shape index (κ2) is 7.01. The van der Waals surface area contributed by atoms with E-state index in [1.807, 2.05) is 30.3 Å². The Balaban J connectivity index is 1.58. The summed E-state index contributed by atoms with van der Waals surface area (Å²) < 4.78 is 5.80. The number of hydrogen-bond donors (Lipinski definition) is 2. The van der Waals surface area contributed by atoms with Crippen molar-refractivity contribution in [1.82, 2.24) is 4.98 Å². The van der Waals surface area contributed by atoms with Crippen LogP contribution in [0.1, 0.15) is 9.67 Å². The summed E-state index contributed by atoms with van der Waals surface area (Å²) in [7, 11) is 0. The molecule has 7 nitrogen and oxygen atoms in total. The average molecular weight is 438 g/mol. The molecule has 0 saturated heterocycles. The number of ether oxygens (including phenoxy) is 1. The Morgan fingerprint density at radius 2 is 1.97 bits per heavy atom. The molecular weight excluding hydrogens is 426 g/mol. The standard InChI is InChI=1S/C21H12ClN3O4S/c22-13-10-11(6-7-15(13)29-12-4-2-1-3-5-12)25-14-8-9-23-19-16(14)17(24-21(25)28)18(30-19)20(26)27/h1-10H,(H,24,28)(H,26,27). The minimum atomic E-state index is -1.11. The molecule has 0 unspecified atom stereocenters. The molecule has 2 amide bonds. The monoisotopic (exact) mass is 437 g/mol. The Morgan fingerprint density at radius 1 is 1.17 bits per heavy atom. The maximum Gasteiger partial charge on any atom is 0.348 e. The van der Waals surface area contributed by atoms with Crippen LogP contribution in [-0.2, 0) is 0 Å². The molecule has 0 saturated carbocycles. The van der Waals surface area contributed by atoms with Crippen molar-refractivity contribution >= 4 is 62.2 Å². The Labute approximate surface area is 179 Å². The molecule has 4 aromatic rings. The Bertz CT molecular complexity index is 1320. The van der Waals surface area contributed by atoms with Gasteiger partial charge < -0.3 is 15.2 Å². The summed E-state index contributed by atoms with van der Waals surface area (Å²) in [5.74, 6) is -0.0192. The second-order valence-corrected chi connectivity index (χ2v) is 7.82. The van der Waals surface area contributed by atoms with Gasteiger partial charge in [-0.2, -0.15) is 0 Å². The summed E-state index contributed by atoms with van der Waals surface area (Å²) in [5, 5.41) is 13.0. The number of halogens is 1. The number of pyridine rings is 1. The third-order valence-electron chi connectivity index (χ3n) is 4.58. The number of thiophene rings is 1. The minimum absolute atomic E-state index is 0.0441. The van der Waals surface area contributed by atoms with Gasteiger partial charge in [0.25, 0.3) is 0 Å². The fourth-order valence-corrected chi connectivity index (χ4v) is 4.49. The van der Waals surface area contributed by atoms with E-state index >= 15 is 0 Å². The predicted octanol–water partition coefficient (Wildman–Crippen LogP) is 6.12. The van der Waals surface area contributed by atoms with E-state index in [0.29, 0.717) is 38.1 Å². The number of aromatic nitrogens is 1. The van der Waals surface area contributed by atoms with Gasteiger partial charge in [-0.15, -0.1) is 11.3 Å². The first-order valence-electron chi connectivity index (χ1n) is 8.81. The third kappa shape index (κ3) is 2.94. The van der Waals surface area contributed by atoms with Crippen LogP contribution in [0.4, 0.5) is 21.9 Å². The summed E-state index contributed by atoms with van der Waals surface area (Å²) in [6.07, 6.45) is 1.55. The molecule has 0 atom stereocenters. The molecule has 5 rings (SSSR count). The number of carboxylic acid groups (broad SMARTS) is 1. The molecule has 1 aliphatic heterocycles. The molecule has 2 N–H and O–H groups in total. The first-order chi connectivity index (χ1) is 14.5. The lowest BCUT2D eigenvalue weighted by Crippen LogP contribution is -2.34. The first kappa shape index (κ1) is 18.4. The second-order valence-electron chi connectivity index (χ2n) is 6.42. The van der Waals surface area contributed by atoms with Gasteiger partial charge in [-0.1, -0.05) is 29.8 Å². The summed E-state index contributed by atoms with van der Waals surface area (Å²) >= 11 is 7.44. The van der Waals surface area contributed by atoms with Gasteiger partial charge in [0.2, 0.25) is 0 Å². The number of carboxylic acids is 1. The van der Waals surface area contributed by atoms with Gasteiger partial charge in [0.15, 0.2) is 0 Å². The van der Waals surface area contributed by atoms with Gasteiger partial charge in [0, 0.05) is 6.20 Å². The molecule has 0 radical (unpaired) electrons. The van der Waals surface area contributed by atoms with Gasteiger partial charge in [0.05, 0.1) is 27.5 Å². The zero-order chi connectivity index (χ0) is 20.8. The molecule has 3 heterocycles. The van der Waals surface area contributed by atoms with E-state index in [1.54, 1.807) is 30.5 Å². The molecule has 30 heavy (non-hydrogen) atoms. The number of hydrogen-bond acceptors (Lipinski definition) is 5. The summed E-state index contributed by atoms with van der Waals surface area (Å²) in [6.45, 7) is 0. The number of benzene rings is 2. The van der Waals surface area contributed by atoms with Crippen molar-refractivity contribution in [2.75, 3.05) is 10.2 Å². The number of amides is 2. The van der Waals surface area contributed by atoms with Crippen molar-refractivity contribution in [1.29, 1.82) is 0 Å². The Kier molecular flexibility index (Phi) is 4.30. The number of carbonyl (C=O) groups excluding carboxylic acids is 1. The van der Waals surface area contributed by atoms with Crippen molar-refractivity contribution in [3.05, 3.63) is 70.7 Å². The highest BCUT2D eigenvalue weighted by molar-refractivity contribution is 7.21. The summed E-state index contributed by atoms with van der Waals surface area (Å²) in [6, 6.07) is 15.4. The van der Waals surface area contributed by atoms with Crippen LogP contribution < -0.4 is 15.0 Å². The quantitative estimate of drug-likeness (QED) is 0.401. The zero-order valence-electron chi connectivity index (χ0n) is 15.1. The van der Waals surface area contributed by atoms with E-state index in [0.717, 1.165) is 11.3 Å². The number of anilines is 3. The molecule has 148 valence electrons. The summed E-state index contributed by atoms with van der Waals surface area (Å²) in [5.41, 5.74) is 1.32. The molecule has 0 bridgehead atoms. The molecule has 2 aromatic heterocycles. The van der Waals surface area contributed by atoms with Gasteiger partial charge in [0.1, 0.15) is 21.2 Å². The number of nitrogens with zero attached hydrogens (tertiary/aromatic N) is 2. The largest absolute Gasteiger partial charge is 0.477 e. The SMILES string of the molecule is O=C(O)c1sc2nccc3c2c1NC(=O)N3c1ccc(Oc2ccccc2)c(Cl)c1. The van der Waals surface area contributed by atoms with E-state index in [4.69, 9.17) is 16.3 Å². The highest BCUT2D eigenvalue weighted by Crippen LogP contribution is 2.46. The number of aromatic carboxylic acids is 1. The molecule has 2 aromatic carbocycles. The van der Waals surface area contributed by atoms with E-state index in [-0.39, 0.29) is 10.6 Å². The van der Waals surface area contributed by atoms with E-state index in [9.17, 15) is 14.7 Å². The van der Waals surface area contributed by atoms with Gasteiger partial charge in [-0.25, -0.2) is 14.6 Å². The van der Waals surface area contributed by atoms with Crippen molar-refractivity contribution in [3.63, 3.8) is 0 Å². The molecule has 1 aliphatic rings. The highest BCUT2D eigenvalue weighted by Gasteiger charge is 2.32. The van der Waals surface area contributed by atoms with Gasteiger partial charge in [-0.05, 0) is 36.4 Å². The van der Waals surface area contributed by atoms with Crippen molar-refractivity contribution in [2.24, 2.45) is 0 Å². The van der Waals surface area contributed by atoms with Crippen LogP contribution in [0.2, 0.25) is 5.02 Å². The van der Waals surface area contributed by atoms with E-state index in [2.05, 4.69) is 10.3 Å².